The van der Waals surface area contributed by atoms with Crippen molar-refractivity contribution in [2.24, 2.45) is 4.99 Å². The van der Waals surface area contributed by atoms with E-state index in [1.165, 1.54) is 24.6 Å². The van der Waals surface area contributed by atoms with Gasteiger partial charge in [-0.2, -0.15) is 0 Å². The zero-order chi connectivity index (χ0) is 26.6. The van der Waals surface area contributed by atoms with Gasteiger partial charge in [0.05, 0.1) is 12.7 Å². The molecule has 6 nitrogen and oxygen atoms in total. The fourth-order valence-corrected chi connectivity index (χ4v) is 4.79. The molecule has 2 atom stereocenters. The maximum Gasteiger partial charge on any atom is 0.338 e. The van der Waals surface area contributed by atoms with Gasteiger partial charge in [0.25, 0.3) is 0 Å². The summed E-state index contributed by atoms with van der Waals surface area (Å²) in [6, 6.07) is 23.2. The molecule has 0 spiro atoms. The Bertz CT molecular complexity index is 1550. The number of aromatic nitrogens is 1. The van der Waals surface area contributed by atoms with Crippen LogP contribution in [0.3, 0.4) is 0 Å². The number of carbonyl (C=O) groups is 1. The number of nitrogens with zero attached hydrogens (tertiary/aromatic N) is 2. The Kier molecular flexibility index (Phi) is 7.49. The van der Waals surface area contributed by atoms with Gasteiger partial charge in [0.1, 0.15) is 17.6 Å². The first-order valence-corrected chi connectivity index (χ1v) is 12.6. The molecule has 1 aliphatic rings. The van der Waals surface area contributed by atoms with Crippen LogP contribution in [-0.4, -0.2) is 30.4 Å². The summed E-state index contributed by atoms with van der Waals surface area (Å²) in [5, 5.41) is 9.29. The van der Waals surface area contributed by atoms with E-state index in [0.717, 1.165) is 10.9 Å². The zero-order valence-electron chi connectivity index (χ0n) is 20.9. The van der Waals surface area contributed by atoms with Gasteiger partial charge in [-0.1, -0.05) is 60.1 Å². The van der Waals surface area contributed by atoms with Crippen molar-refractivity contribution in [1.82, 2.24) is 15.6 Å². The summed E-state index contributed by atoms with van der Waals surface area (Å²) in [6.45, 7) is 2.37. The average molecular weight is 529 g/mol. The minimum absolute atomic E-state index is 0.0298. The first-order chi connectivity index (χ1) is 18.4. The number of halogens is 2. The van der Waals surface area contributed by atoms with Crippen LogP contribution in [0.1, 0.15) is 35.8 Å². The van der Waals surface area contributed by atoms with Crippen LogP contribution < -0.4 is 10.6 Å². The Labute approximate surface area is 225 Å². The number of pyridine rings is 1. The molecule has 2 heterocycles. The van der Waals surface area contributed by atoms with E-state index in [1.54, 1.807) is 12.3 Å². The van der Waals surface area contributed by atoms with Gasteiger partial charge >= 0.3 is 5.97 Å². The van der Waals surface area contributed by atoms with Crippen LogP contribution in [0.15, 0.2) is 101 Å². The monoisotopic (exact) mass is 528 g/mol. The largest absolute Gasteiger partial charge is 0.466 e. The number of rotatable bonds is 7. The number of esters is 1. The standard InChI is InChI=1S/C30H26ClFN4O2/c1-18(20-11-10-19-7-3-4-8-21(19)15-20)34-17-26-27(30(37)38-2)28(23-13-12-22(32)16-24(23)31)36-29(35-26)25-9-5-6-14-33-25/h3-16,18,28,34H,17H2,1-2H3,(H,35,36)/t18-,28?/m0/s1. The third-order valence-electron chi connectivity index (χ3n) is 6.55. The smallest absolute Gasteiger partial charge is 0.338 e. The number of amidine groups is 1. The van der Waals surface area contributed by atoms with E-state index < -0.39 is 17.8 Å². The molecule has 5 rings (SSSR count). The van der Waals surface area contributed by atoms with Crippen molar-refractivity contribution in [2.45, 2.75) is 19.0 Å². The van der Waals surface area contributed by atoms with Gasteiger partial charge in [-0.3, -0.25) is 9.98 Å². The number of ether oxygens (including phenoxy) is 1. The number of fused-ring (bicyclic) bond motifs is 1. The summed E-state index contributed by atoms with van der Waals surface area (Å²) in [4.78, 5) is 22.3. The third-order valence-corrected chi connectivity index (χ3v) is 6.88. The summed E-state index contributed by atoms with van der Waals surface area (Å²) >= 11 is 6.44. The number of hydrogen-bond acceptors (Lipinski definition) is 6. The van der Waals surface area contributed by atoms with Gasteiger partial charge in [0.15, 0.2) is 5.84 Å². The molecule has 0 saturated heterocycles. The fraction of sp³-hybridized carbons (Fsp3) is 0.167. The molecule has 2 N–H and O–H groups in total. The third kappa shape index (κ3) is 5.30. The van der Waals surface area contributed by atoms with E-state index in [4.69, 9.17) is 21.3 Å². The average Bonchev–Trinajstić information content (AvgIpc) is 2.95. The van der Waals surface area contributed by atoms with Crippen LogP contribution in [0.5, 0.6) is 0 Å². The van der Waals surface area contributed by atoms with Crippen LogP contribution in [0, 0.1) is 5.82 Å². The Balaban J connectivity index is 1.52. The highest BCUT2D eigenvalue weighted by molar-refractivity contribution is 6.31. The molecule has 0 saturated carbocycles. The second kappa shape index (κ2) is 11.1. The lowest BCUT2D eigenvalue weighted by Crippen LogP contribution is -2.39. The van der Waals surface area contributed by atoms with E-state index in [9.17, 15) is 9.18 Å². The van der Waals surface area contributed by atoms with Gasteiger partial charge in [0, 0.05) is 35.1 Å². The Morgan fingerprint density at radius 3 is 2.61 bits per heavy atom. The molecule has 38 heavy (non-hydrogen) atoms. The summed E-state index contributed by atoms with van der Waals surface area (Å²) in [5.74, 6) is -0.558. The van der Waals surface area contributed by atoms with E-state index in [0.29, 0.717) is 34.9 Å². The molecule has 192 valence electrons. The minimum Gasteiger partial charge on any atom is -0.466 e. The number of methoxy groups -OCH3 is 1. The van der Waals surface area contributed by atoms with Crippen molar-refractivity contribution in [2.75, 3.05) is 13.7 Å². The number of aliphatic imine (C=N–C) groups is 1. The first-order valence-electron chi connectivity index (χ1n) is 12.2. The van der Waals surface area contributed by atoms with Crippen LogP contribution in [0.4, 0.5) is 4.39 Å². The second-order valence-corrected chi connectivity index (χ2v) is 9.39. The SMILES string of the molecule is COC(=O)C1=C(CN[C@@H](C)c2ccc3ccccc3c2)NC(c2ccccn2)=NC1c1ccc(F)cc1Cl. The van der Waals surface area contributed by atoms with Crippen LogP contribution in [0.2, 0.25) is 5.02 Å². The number of hydrogen-bond donors (Lipinski definition) is 2. The molecule has 8 heteroatoms. The molecule has 1 aliphatic heterocycles. The Morgan fingerprint density at radius 1 is 1.08 bits per heavy atom. The molecular weight excluding hydrogens is 503 g/mol. The normalized spacial score (nSPS) is 16.1. The van der Waals surface area contributed by atoms with E-state index in [1.807, 2.05) is 30.3 Å². The highest BCUT2D eigenvalue weighted by Gasteiger charge is 2.33. The molecule has 0 radical (unpaired) electrons. The van der Waals surface area contributed by atoms with Gasteiger partial charge in [0.2, 0.25) is 0 Å². The highest BCUT2D eigenvalue weighted by atomic mass is 35.5. The van der Waals surface area contributed by atoms with Crippen molar-refractivity contribution < 1.29 is 13.9 Å². The molecule has 1 aromatic heterocycles. The Hall–Kier alpha value is -4.07. The lowest BCUT2D eigenvalue weighted by molar-refractivity contribution is -0.136. The van der Waals surface area contributed by atoms with Crippen LogP contribution in [-0.2, 0) is 9.53 Å². The maximum absolute atomic E-state index is 13.9. The predicted octanol–water partition coefficient (Wildman–Crippen LogP) is 5.90. The summed E-state index contributed by atoms with van der Waals surface area (Å²) in [6.07, 6.45) is 1.67. The van der Waals surface area contributed by atoms with Crippen molar-refractivity contribution in [3.63, 3.8) is 0 Å². The van der Waals surface area contributed by atoms with Crippen LogP contribution in [0.25, 0.3) is 10.8 Å². The number of nitrogens with one attached hydrogen (secondary N) is 2. The van der Waals surface area contributed by atoms with Crippen molar-refractivity contribution >= 4 is 34.2 Å². The zero-order valence-corrected chi connectivity index (χ0v) is 21.7. The topological polar surface area (TPSA) is 75.6 Å². The van der Waals surface area contributed by atoms with Crippen molar-refractivity contribution in [3.05, 3.63) is 124 Å². The predicted molar refractivity (Wildman–Crippen MR) is 147 cm³/mol. The lowest BCUT2D eigenvalue weighted by atomic mass is 9.94. The molecular formula is C30H26ClFN4O2. The molecule has 1 unspecified atom stereocenters. The van der Waals surface area contributed by atoms with Crippen LogP contribution >= 0.6 is 11.6 Å². The summed E-state index contributed by atoms with van der Waals surface area (Å²) in [7, 11) is 1.32. The van der Waals surface area contributed by atoms with Crippen molar-refractivity contribution in [3.8, 4) is 0 Å². The fourth-order valence-electron chi connectivity index (χ4n) is 4.52. The van der Waals surface area contributed by atoms with E-state index in [2.05, 4.69) is 52.9 Å². The Morgan fingerprint density at radius 2 is 1.87 bits per heavy atom. The number of carbonyl (C=O) groups excluding carboxylic acids is 1. The molecule has 0 fully saturated rings. The molecule has 3 aromatic carbocycles. The summed E-state index contributed by atoms with van der Waals surface area (Å²) in [5.41, 5.74) is 3.06. The van der Waals surface area contributed by atoms with Crippen molar-refractivity contribution in [1.29, 1.82) is 0 Å². The van der Waals surface area contributed by atoms with E-state index >= 15 is 0 Å². The first kappa shape index (κ1) is 25.6. The van der Waals surface area contributed by atoms with Gasteiger partial charge in [-0.15, -0.1) is 0 Å². The number of benzene rings is 3. The molecule has 4 aromatic rings. The molecule has 0 amide bonds. The summed E-state index contributed by atoms with van der Waals surface area (Å²) < 4.78 is 19.0. The van der Waals surface area contributed by atoms with Gasteiger partial charge in [-0.25, -0.2) is 9.18 Å². The molecule has 0 bridgehead atoms. The maximum atomic E-state index is 13.9. The molecule has 0 aliphatic carbocycles. The second-order valence-electron chi connectivity index (χ2n) is 8.98. The van der Waals surface area contributed by atoms with Gasteiger partial charge in [-0.05, 0) is 53.6 Å². The lowest BCUT2D eigenvalue weighted by Gasteiger charge is -2.28. The minimum atomic E-state index is -0.818. The quantitative estimate of drug-likeness (QED) is 0.292. The van der Waals surface area contributed by atoms with E-state index in [-0.39, 0.29) is 11.1 Å². The highest BCUT2D eigenvalue weighted by Crippen LogP contribution is 2.36. The van der Waals surface area contributed by atoms with Gasteiger partial charge < -0.3 is 15.4 Å².